The van der Waals surface area contributed by atoms with E-state index >= 15 is 0 Å². The Hall–Kier alpha value is -2.18. The molecule has 2 aromatic rings. The standard InChI is InChI=1S/C24H32N2O3S/c1-2-9-19-14-16-22(17-15-19)30(28,29)26-23(18-20-10-5-3-6-11-20)24(27)25-21-12-7-4-8-13-21/h3,5-6,10-11,14-17,21,23,26H,2,4,7-9,12-13,18H2,1H3,(H,25,27). The summed E-state index contributed by atoms with van der Waals surface area (Å²) >= 11 is 0. The lowest BCUT2D eigenvalue weighted by Crippen LogP contribution is -2.50. The first-order valence-corrected chi connectivity index (χ1v) is 12.4. The van der Waals surface area contributed by atoms with Crippen molar-refractivity contribution in [1.29, 1.82) is 0 Å². The molecule has 1 fully saturated rings. The molecule has 2 aromatic carbocycles. The highest BCUT2D eigenvalue weighted by atomic mass is 32.2. The summed E-state index contributed by atoms with van der Waals surface area (Å²) in [4.78, 5) is 13.2. The Morgan fingerprint density at radius 1 is 0.967 bits per heavy atom. The number of hydrogen-bond acceptors (Lipinski definition) is 3. The third-order valence-electron chi connectivity index (χ3n) is 5.62. The molecule has 2 N–H and O–H groups in total. The predicted molar refractivity (Wildman–Crippen MR) is 120 cm³/mol. The first kappa shape index (κ1) is 22.5. The molecule has 0 heterocycles. The Morgan fingerprint density at radius 2 is 1.63 bits per heavy atom. The van der Waals surface area contributed by atoms with Crippen molar-refractivity contribution in [3.63, 3.8) is 0 Å². The van der Waals surface area contributed by atoms with Gasteiger partial charge in [0, 0.05) is 6.04 Å². The highest BCUT2D eigenvalue weighted by Gasteiger charge is 2.28. The Labute approximate surface area is 180 Å². The Kier molecular flexibility index (Phi) is 8.05. The maximum Gasteiger partial charge on any atom is 0.241 e. The monoisotopic (exact) mass is 428 g/mol. The zero-order valence-electron chi connectivity index (χ0n) is 17.6. The smallest absolute Gasteiger partial charge is 0.241 e. The van der Waals surface area contributed by atoms with Crippen molar-refractivity contribution in [2.75, 3.05) is 0 Å². The summed E-state index contributed by atoms with van der Waals surface area (Å²) in [6, 6.07) is 15.7. The van der Waals surface area contributed by atoms with E-state index in [0.717, 1.165) is 49.7 Å². The number of amides is 1. The molecule has 1 amide bonds. The minimum absolute atomic E-state index is 0.127. The van der Waals surface area contributed by atoms with Crippen LogP contribution >= 0.6 is 0 Å². The van der Waals surface area contributed by atoms with Crippen molar-refractivity contribution in [2.45, 2.75) is 75.3 Å². The fraction of sp³-hybridized carbons (Fsp3) is 0.458. The molecule has 0 bridgehead atoms. The average Bonchev–Trinajstić information content (AvgIpc) is 2.75. The van der Waals surface area contributed by atoms with Gasteiger partial charge in [-0.1, -0.05) is 75.1 Å². The number of hydrogen-bond donors (Lipinski definition) is 2. The van der Waals surface area contributed by atoms with Crippen LogP contribution in [-0.4, -0.2) is 26.4 Å². The molecule has 1 aliphatic rings. The van der Waals surface area contributed by atoms with Crippen LogP contribution in [0.4, 0.5) is 0 Å². The van der Waals surface area contributed by atoms with Crippen LogP contribution in [0.5, 0.6) is 0 Å². The topological polar surface area (TPSA) is 75.3 Å². The quantitative estimate of drug-likeness (QED) is 0.634. The van der Waals surface area contributed by atoms with Gasteiger partial charge in [-0.15, -0.1) is 0 Å². The number of aryl methyl sites for hydroxylation is 1. The molecule has 0 radical (unpaired) electrons. The fourth-order valence-corrected chi connectivity index (χ4v) is 5.16. The Morgan fingerprint density at radius 3 is 2.27 bits per heavy atom. The minimum atomic E-state index is -3.81. The van der Waals surface area contributed by atoms with E-state index in [9.17, 15) is 13.2 Å². The van der Waals surface area contributed by atoms with Crippen LogP contribution in [0.1, 0.15) is 56.6 Å². The molecule has 0 saturated heterocycles. The van der Waals surface area contributed by atoms with Crippen molar-refractivity contribution >= 4 is 15.9 Å². The lowest BCUT2D eigenvalue weighted by Gasteiger charge is -2.26. The van der Waals surface area contributed by atoms with E-state index in [0.29, 0.717) is 6.42 Å². The summed E-state index contributed by atoms with van der Waals surface area (Å²) < 4.78 is 28.7. The predicted octanol–water partition coefficient (Wildman–Crippen LogP) is 3.98. The second-order valence-corrected chi connectivity index (χ2v) is 9.82. The summed E-state index contributed by atoms with van der Waals surface area (Å²) in [7, 11) is -3.81. The first-order valence-electron chi connectivity index (χ1n) is 10.9. The van der Waals surface area contributed by atoms with Crippen molar-refractivity contribution in [3.8, 4) is 0 Å². The van der Waals surface area contributed by atoms with Gasteiger partial charge in [-0.3, -0.25) is 4.79 Å². The van der Waals surface area contributed by atoms with Crippen molar-refractivity contribution in [2.24, 2.45) is 0 Å². The molecule has 6 heteroatoms. The van der Waals surface area contributed by atoms with Crippen molar-refractivity contribution in [1.82, 2.24) is 10.0 Å². The van der Waals surface area contributed by atoms with Gasteiger partial charge in [-0.25, -0.2) is 8.42 Å². The van der Waals surface area contributed by atoms with Gasteiger partial charge in [-0.2, -0.15) is 4.72 Å². The van der Waals surface area contributed by atoms with Gasteiger partial charge in [0.15, 0.2) is 0 Å². The third kappa shape index (κ3) is 6.41. The molecule has 0 spiro atoms. The van der Waals surface area contributed by atoms with Crippen LogP contribution in [0.2, 0.25) is 0 Å². The van der Waals surface area contributed by atoms with Crippen LogP contribution in [-0.2, 0) is 27.7 Å². The van der Waals surface area contributed by atoms with Crippen molar-refractivity contribution < 1.29 is 13.2 Å². The van der Waals surface area contributed by atoms with Crippen molar-refractivity contribution in [3.05, 3.63) is 65.7 Å². The summed E-state index contributed by atoms with van der Waals surface area (Å²) in [5.74, 6) is -0.253. The summed E-state index contributed by atoms with van der Waals surface area (Å²) in [5, 5.41) is 3.07. The van der Waals surface area contributed by atoms with Gasteiger partial charge >= 0.3 is 0 Å². The summed E-state index contributed by atoms with van der Waals surface area (Å²) in [6.45, 7) is 2.09. The van der Waals surface area contributed by atoms with E-state index < -0.39 is 16.1 Å². The summed E-state index contributed by atoms with van der Waals surface area (Å²) in [6.07, 6.45) is 7.53. The van der Waals surface area contributed by atoms with E-state index in [1.165, 1.54) is 6.42 Å². The summed E-state index contributed by atoms with van der Waals surface area (Å²) in [5.41, 5.74) is 2.02. The lowest BCUT2D eigenvalue weighted by atomic mass is 9.95. The molecule has 162 valence electrons. The number of nitrogens with one attached hydrogen (secondary N) is 2. The van der Waals surface area contributed by atoms with Gasteiger partial charge in [0.2, 0.25) is 15.9 Å². The molecule has 30 heavy (non-hydrogen) atoms. The van der Waals surface area contributed by atoms with Gasteiger partial charge in [0.25, 0.3) is 0 Å². The second kappa shape index (κ2) is 10.7. The zero-order valence-corrected chi connectivity index (χ0v) is 18.5. The third-order valence-corrected chi connectivity index (χ3v) is 7.11. The largest absolute Gasteiger partial charge is 0.352 e. The molecule has 3 rings (SSSR count). The molecular formula is C24H32N2O3S. The Bertz CT molecular complexity index is 905. The molecule has 5 nitrogen and oxygen atoms in total. The van der Waals surface area contributed by atoms with Gasteiger partial charge in [0.05, 0.1) is 4.90 Å². The maximum atomic E-state index is 13.0. The van der Waals surface area contributed by atoms with Gasteiger partial charge < -0.3 is 5.32 Å². The second-order valence-electron chi connectivity index (χ2n) is 8.10. The molecule has 1 unspecified atom stereocenters. The molecule has 1 saturated carbocycles. The lowest BCUT2D eigenvalue weighted by molar-refractivity contribution is -0.123. The van der Waals surface area contributed by atoms with Crippen LogP contribution in [0.15, 0.2) is 59.5 Å². The maximum absolute atomic E-state index is 13.0. The molecular weight excluding hydrogens is 396 g/mol. The number of carbonyl (C=O) groups is 1. The van der Waals surface area contributed by atoms with Crippen LogP contribution in [0.25, 0.3) is 0 Å². The SMILES string of the molecule is CCCc1ccc(S(=O)(=O)NC(Cc2ccccc2)C(=O)NC2CCCCC2)cc1. The molecule has 0 aliphatic heterocycles. The van der Waals surface area contributed by atoms with Gasteiger partial charge in [0.1, 0.15) is 6.04 Å². The normalized spacial score (nSPS) is 16.2. The van der Waals surface area contributed by atoms with Gasteiger partial charge in [-0.05, 0) is 48.9 Å². The first-order chi connectivity index (χ1) is 14.5. The molecule has 1 atom stereocenters. The van der Waals surface area contributed by atoms with E-state index in [4.69, 9.17) is 0 Å². The van der Waals surface area contributed by atoms with E-state index in [2.05, 4.69) is 17.0 Å². The number of sulfonamides is 1. The number of benzene rings is 2. The van der Waals surface area contributed by atoms with E-state index in [-0.39, 0.29) is 16.8 Å². The Balaban J connectivity index is 1.76. The molecule has 1 aliphatic carbocycles. The fourth-order valence-electron chi connectivity index (χ4n) is 3.97. The number of carbonyl (C=O) groups excluding carboxylic acids is 1. The van der Waals surface area contributed by atoms with E-state index in [1.807, 2.05) is 42.5 Å². The van der Waals surface area contributed by atoms with Crippen LogP contribution in [0.3, 0.4) is 0 Å². The zero-order chi connectivity index (χ0) is 21.4. The molecule has 0 aromatic heterocycles. The average molecular weight is 429 g/mol. The minimum Gasteiger partial charge on any atom is -0.352 e. The number of rotatable bonds is 9. The highest BCUT2D eigenvalue weighted by molar-refractivity contribution is 7.89. The van der Waals surface area contributed by atoms with E-state index in [1.54, 1.807) is 12.1 Å². The van der Waals surface area contributed by atoms with Crippen LogP contribution < -0.4 is 10.0 Å². The van der Waals surface area contributed by atoms with Crippen LogP contribution in [0, 0.1) is 0 Å². The highest BCUT2D eigenvalue weighted by Crippen LogP contribution is 2.18.